The van der Waals surface area contributed by atoms with Crippen LogP contribution in [0.3, 0.4) is 0 Å². The van der Waals surface area contributed by atoms with Gasteiger partial charge < -0.3 is 14.5 Å². The van der Waals surface area contributed by atoms with Crippen LogP contribution >= 0.6 is 0 Å². The number of ether oxygens (including phenoxy) is 1. The van der Waals surface area contributed by atoms with Crippen molar-refractivity contribution in [1.29, 1.82) is 0 Å². The summed E-state index contributed by atoms with van der Waals surface area (Å²) < 4.78 is 5.32. The molecule has 0 saturated carbocycles. The van der Waals surface area contributed by atoms with E-state index in [1.165, 1.54) is 0 Å². The maximum Gasteiger partial charge on any atom is 0.410 e. The van der Waals surface area contributed by atoms with E-state index in [4.69, 9.17) is 4.74 Å². The first-order chi connectivity index (χ1) is 10.8. The Labute approximate surface area is 138 Å². The molecule has 1 aliphatic rings. The van der Waals surface area contributed by atoms with Gasteiger partial charge in [0.15, 0.2) is 0 Å². The van der Waals surface area contributed by atoms with Crippen molar-refractivity contribution in [3.63, 3.8) is 0 Å². The van der Waals surface area contributed by atoms with Crippen molar-refractivity contribution in [2.24, 2.45) is 0 Å². The molecule has 5 nitrogen and oxygen atoms in total. The van der Waals surface area contributed by atoms with Gasteiger partial charge >= 0.3 is 6.09 Å². The van der Waals surface area contributed by atoms with Gasteiger partial charge in [-0.3, -0.25) is 4.79 Å². The molecular weight excluding hydrogens is 292 g/mol. The second kappa shape index (κ2) is 8.23. The Balaban J connectivity index is 2.56. The summed E-state index contributed by atoms with van der Waals surface area (Å²) in [6.45, 7) is 14.5. The molecule has 0 unspecified atom stereocenters. The van der Waals surface area contributed by atoms with Crippen LogP contribution in [0.5, 0.6) is 0 Å². The lowest BCUT2D eigenvalue weighted by molar-refractivity contribution is -0.126. The Hall–Kier alpha value is -2.48. The van der Waals surface area contributed by atoms with Crippen LogP contribution in [0.4, 0.5) is 4.79 Å². The number of hydrogen-bond donors (Lipinski definition) is 0. The molecule has 0 radical (unpaired) electrons. The Morgan fingerprint density at radius 3 is 2.09 bits per heavy atom. The quantitative estimate of drug-likeness (QED) is 0.580. The fraction of sp³-hybridized carbons (Fsp3) is 0.444. The maximum absolute atomic E-state index is 12.1. The van der Waals surface area contributed by atoms with Gasteiger partial charge in [0.05, 0.1) is 0 Å². The fourth-order valence-electron chi connectivity index (χ4n) is 1.91. The van der Waals surface area contributed by atoms with Gasteiger partial charge in [0.1, 0.15) is 5.60 Å². The van der Waals surface area contributed by atoms with Crippen molar-refractivity contribution in [1.82, 2.24) is 9.80 Å². The molecule has 23 heavy (non-hydrogen) atoms. The average molecular weight is 316 g/mol. The smallest absolute Gasteiger partial charge is 0.410 e. The van der Waals surface area contributed by atoms with E-state index in [1.54, 1.807) is 28.0 Å². The normalized spacial score (nSPS) is 15.3. The van der Waals surface area contributed by atoms with Crippen molar-refractivity contribution < 1.29 is 14.3 Å². The Bertz CT molecular complexity index is 565. The summed E-state index contributed by atoms with van der Waals surface area (Å²) in [6, 6.07) is 0. The van der Waals surface area contributed by atoms with Crippen molar-refractivity contribution >= 4 is 12.0 Å². The van der Waals surface area contributed by atoms with Gasteiger partial charge in [-0.15, -0.1) is 0 Å². The third-order valence-corrected chi connectivity index (χ3v) is 3.05. The minimum absolute atomic E-state index is 0.259. The van der Waals surface area contributed by atoms with Crippen molar-refractivity contribution in [2.75, 3.05) is 26.2 Å². The maximum atomic E-state index is 12.1. The Morgan fingerprint density at radius 2 is 1.61 bits per heavy atom. The van der Waals surface area contributed by atoms with E-state index in [0.717, 1.165) is 0 Å². The van der Waals surface area contributed by atoms with Gasteiger partial charge in [0.25, 0.3) is 5.91 Å². The molecule has 0 spiro atoms. The molecule has 0 aromatic rings. The largest absolute Gasteiger partial charge is 0.444 e. The average Bonchev–Trinajstić information content (AvgIpc) is 2.49. The van der Waals surface area contributed by atoms with Crippen LogP contribution < -0.4 is 0 Å². The predicted molar refractivity (Wildman–Crippen MR) is 90.6 cm³/mol. The van der Waals surface area contributed by atoms with E-state index in [2.05, 4.69) is 25.0 Å². The molecule has 1 aliphatic heterocycles. The number of allylic oxidation sites excluding steroid dienone is 4. The van der Waals surface area contributed by atoms with Crippen molar-refractivity contribution in [3.8, 4) is 11.8 Å². The molecule has 124 valence electrons. The minimum Gasteiger partial charge on any atom is -0.444 e. The summed E-state index contributed by atoms with van der Waals surface area (Å²) in [7, 11) is 0. The van der Waals surface area contributed by atoms with Gasteiger partial charge in [-0.1, -0.05) is 31.2 Å². The topological polar surface area (TPSA) is 49.9 Å². The van der Waals surface area contributed by atoms with Crippen LogP contribution in [-0.4, -0.2) is 53.6 Å². The molecule has 0 N–H and O–H groups in total. The van der Waals surface area contributed by atoms with E-state index in [1.807, 2.05) is 20.8 Å². The highest BCUT2D eigenvalue weighted by atomic mass is 16.6. The molecule has 0 aliphatic carbocycles. The van der Waals surface area contributed by atoms with Crippen LogP contribution in [-0.2, 0) is 9.53 Å². The molecule has 1 heterocycles. The van der Waals surface area contributed by atoms with Crippen LogP contribution in [0, 0.1) is 11.8 Å². The summed E-state index contributed by atoms with van der Waals surface area (Å²) in [5, 5.41) is 0. The molecule has 0 aromatic carbocycles. The first kappa shape index (κ1) is 18.6. The number of carbonyl (C=O) groups is 2. The lowest BCUT2D eigenvalue weighted by atomic mass is 10.2. The highest BCUT2D eigenvalue weighted by Gasteiger charge is 2.27. The van der Waals surface area contributed by atoms with Crippen LogP contribution in [0.25, 0.3) is 0 Å². The molecule has 1 saturated heterocycles. The third-order valence-electron chi connectivity index (χ3n) is 3.05. The Morgan fingerprint density at radius 1 is 1.04 bits per heavy atom. The summed E-state index contributed by atoms with van der Waals surface area (Å²) in [5.74, 6) is 5.08. The van der Waals surface area contributed by atoms with Gasteiger partial charge in [-0.2, -0.15) is 0 Å². The number of amides is 2. The zero-order valence-electron chi connectivity index (χ0n) is 14.1. The second-order valence-electron chi connectivity index (χ2n) is 6.07. The summed E-state index contributed by atoms with van der Waals surface area (Å²) >= 11 is 0. The van der Waals surface area contributed by atoms with E-state index >= 15 is 0 Å². The lowest BCUT2D eigenvalue weighted by Crippen LogP contribution is -2.51. The third kappa shape index (κ3) is 6.43. The molecule has 0 bridgehead atoms. The number of rotatable bonds is 2. The van der Waals surface area contributed by atoms with E-state index in [9.17, 15) is 9.59 Å². The SMILES string of the molecule is C=C/C=C(/C#CC(=O)N1CCN(C(=O)OC(C)(C)C)CC1)C=C. The molecule has 1 fully saturated rings. The van der Waals surface area contributed by atoms with Crippen LogP contribution in [0.1, 0.15) is 20.8 Å². The number of piperazine rings is 1. The molecule has 0 aromatic heterocycles. The molecular formula is C18H24N2O3. The van der Waals surface area contributed by atoms with E-state index in [-0.39, 0.29) is 12.0 Å². The highest BCUT2D eigenvalue weighted by Crippen LogP contribution is 2.11. The first-order valence-corrected chi connectivity index (χ1v) is 7.51. The first-order valence-electron chi connectivity index (χ1n) is 7.51. The summed E-state index contributed by atoms with van der Waals surface area (Å²) in [6.07, 6.45) is 4.50. The molecule has 0 atom stereocenters. The fourth-order valence-corrected chi connectivity index (χ4v) is 1.91. The zero-order chi connectivity index (χ0) is 17.5. The second-order valence-corrected chi connectivity index (χ2v) is 6.07. The lowest BCUT2D eigenvalue weighted by Gasteiger charge is -2.34. The molecule has 5 heteroatoms. The number of nitrogens with zero attached hydrogens (tertiary/aromatic N) is 2. The zero-order valence-corrected chi connectivity index (χ0v) is 14.1. The highest BCUT2D eigenvalue weighted by molar-refractivity contribution is 5.94. The standard InChI is InChI=1S/C18H24N2O3/c1-6-8-15(7-2)9-10-16(21)19-11-13-20(14-12-19)17(22)23-18(3,4)5/h6-8H,1-2,11-14H2,3-5H3/b15-8+. The van der Waals surface area contributed by atoms with Crippen LogP contribution in [0.15, 0.2) is 37.0 Å². The summed E-state index contributed by atoms with van der Waals surface area (Å²) in [5.41, 5.74) is 0.120. The van der Waals surface area contributed by atoms with Crippen molar-refractivity contribution in [3.05, 3.63) is 37.0 Å². The number of carbonyl (C=O) groups excluding carboxylic acids is 2. The van der Waals surface area contributed by atoms with Gasteiger partial charge in [-0.25, -0.2) is 4.79 Å². The van der Waals surface area contributed by atoms with E-state index in [0.29, 0.717) is 31.8 Å². The predicted octanol–water partition coefficient (Wildman–Crippen LogP) is 2.37. The minimum atomic E-state index is -0.520. The van der Waals surface area contributed by atoms with Gasteiger partial charge in [0, 0.05) is 37.7 Å². The monoisotopic (exact) mass is 316 g/mol. The van der Waals surface area contributed by atoms with Crippen molar-refractivity contribution in [2.45, 2.75) is 26.4 Å². The van der Waals surface area contributed by atoms with E-state index < -0.39 is 5.60 Å². The van der Waals surface area contributed by atoms with Crippen LogP contribution in [0.2, 0.25) is 0 Å². The molecule has 1 rings (SSSR count). The number of hydrogen-bond acceptors (Lipinski definition) is 3. The summed E-state index contributed by atoms with van der Waals surface area (Å²) in [4.78, 5) is 27.3. The molecule has 2 amide bonds. The Kier molecular flexibility index (Phi) is 6.65. The van der Waals surface area contributed by atoms with Gasteiger partial charge in [-0.05, 0) is 26.8 Å². The van der Waals surface area contributed by atoms with Gasteiger partial charge in [0.2, 0.25) is 0 Å².